The van der Waals surface area contributed by atoms with Gasteiger partial charge in [0.1, 0.15) is 11.5 Å². The van der Waals surface area contributed by atoms with E-state index in [0.717, 1.165) is 48.0 Å². The molecule has 2 bridgehead atoms. The summed E-state index contributed by atoms with van der Waals surface area (Å²) in [5.41, 5.74) is 1.51. The normalized spacial score (nSPS) is 22.0. The van der Waals surface area contributed by atoms with Crippen molar-refractivity contribution in [2.24, 2.45) is 0 Å². The Morgan fingerprint density at radius 1 is 1.00 bits per heavy atom. The van der Waals surface area contributed by atoms with Crippen molar-refractivity contribution in [3.05, 3.63) is 59.0 Å². The summed E-state index contributed by atoms with van der Waals surface area (Å²) in [5, 5.41) is 0.633. The first-order valence-electron chi connectivity index (χ1n) is 9.32. The molecule has 0 spiro atoms. The molecule has 5 heterocycles. The van der Waals surface area contributed by atoms with E-state index < -0.39 is 11.9 Å². The van der Waals surface area contributed by atoms with Gasteiger partial charge in [-0.05, 0) is 36.2 Å². The molecule has 9 heteroatoms. The number of halogens is 4. The SMILES string of the molecule is FC(F)(F)c1ccc(CN2CC3CC(C2)N3c2cnc3cc(Cl)ccc3n2)cn1. The minimum absolute atomic E-state index is 0.329. The summed E-state index contributed by atoms with van der Waals surface area (Å²) < 4.78 is 38.0. The van der Waals surface area contributed by atoms with Crippen LogP contribution in [0.15, 0.2) is 42.7 Å². The van der Waals surface area contributed by atoms with E-state index in [0.29, 0.717) is 23.7 Å². The smallest absolute Gasteiger partial charge is 0.347 e. The predicted octanol–water partition coefficient (Wildman–Crippen LogP) is 4.16. The van der Waals surface area contributed by atoms with E-state index in [4.69, 9.17) is 16.6 Å². The monoisotopic (exact) mass is 419 g/mol. The molecule has 0 N–H and O–H groups in total. The molecule has 2 atom stereocenters. The fourth-order valence-corrected chi connectivity index (χ4v) is 4.41. The molecule has 150 valence electrons. The summed E-state index contributed by atoms with van der Waals surface area (Å²) in [6.07, 6.45) is -0.214. The number of pyridine rings is 1. The number of piperazine rings is 1. The maximum Gasteiger partial charge on any atom is 0.433 e. The van der Waals surface area contributed by atoms with Gasteiger partial charge >= 0.3 is 6.18 Å². The highest BCUT2D eigenvalue weighted by Gasteiger charge is 2.45. The number of piperidine rings is 1. The highest BCUT2D eigenvalue weighted by atomic mass is 35.5. The second kappa shape index (κ2) is 6.81. The van der Waals surface area contributed by atoms with Crippen molar-refractivity contribution in [2.45, 2.75) is 31.2 Å². The Morgan fingerprint density at radius 3 is 2.48 bits per heavy atom. The molecule has 1 aromatic carbocycles. The van der Waals surface area contributed by atoms with Crippen molar-refractivity contribution in [3.8, 4) is 0 Å². The topological polar surface area (TPSA) is 45.2 Å². The molecule has 0 saturated carbocycles. The molecule has 3 aliphatic rings. The number of nitrogens with zero attached hydrogens (tertiary/aromatic N) is 5. The molecular weight excluding hydrogens is 403 g/mol. The Kier molecular flexibility index (Phi) is 4.36. The van der Waals surface area contributed by atoms with Crippen LogP contribution in [0.25, 0.3) is 11.0 Å². The second-order valence-electron chi connectivity index (χ2n) is 7.56. The second-order valence-corrected chi connectivity index (χ2v) is 7.99. The van der Waals surface area contributed by atoms with Gasteiger partial charge in [0, 0.05) is 42.9 Å². The largest absolute Gasteiger partial charge is 0.433 e. The van der Waals surface area contributed by atoms with Gasteiger partial charge in [0.05, 0.1) is 17.2 Å². The van der Waals surface area contributed by atoms with E-state index in [9.17, 15) is 13.2 Å². The molecule has 6 rings (SSSR count). The summed E-state index contributed by atoms with van der Waals surface area (Å²) in [6.45, 7) is 2.25. The van der Waals surface area contributed by atoms with Gasteiger partial charge in [-0.25, -0.2) is 4.98 Å². The predicted molar refractivity (Wildman–Crippen MR) is 104 cm³/mol. The quantitative estimate of drug-likeness (QED) is 0.638. The maximum atomic E-state index is 12.7. The van der Waals surface area contributed by atoms with Crippen LogP contribution in [-0.2, 0) is 12.7 Å². The van der Waals surface area contributed by atoms with Crippen LogP contribution in [0, 0.1) is 0 Å². The van der Waals surface area contributed by atoms with Crippen LogP contribution in [0.4, 0.5) is 19.0 Å². The van der Waals surface area contributed by atoms with Gasteiger partial charge in [-0.3, -0.25) is 14.9 Å². The van der Waals surface area contributed by atoms with Crippen LogP contribution in [0.3, 0.4) is 0 Å². The number of hydrogen-bond donors (Lipinski definition) is 0. The number of aromatic nitrogens is 3. The van der Waals surface area contributed by atoms with Crippen LogP contribution >= 0.6 is 11.6 Å². The molecule has 5 nitrogen and oxygen atoms in total. The molecule has 3 saturated heterocycles. The number of benzene rings is 1. The van der Waals surface area contributed by atoms with E-state index in [1.807, 2.05) is 6.07 Å². The number of rotatable bonds is 3. The third-order valence-corrected chi connectivity index (χ3v) is 5.78. The van der Waals surface area contributed by atoms with Gasteiger partial charge < -0.3 is 4.90 Å². The first-order chi connectivity index (χ1) is 13.9. The van der Waals surface area contributed by atoms with E-state index in [2.05, 4.69) is 19.8 Å². The Bertz CT molecular complexity index is 1040. The average molecular weight is 420 g/mol. The fraction of sp³-hybridized carbons (Fsp3) is 0.350. The van der Waals surface area contributed by atoms with Gasteiger partial charge in [-0.2, -0.15) is 13.2 Å². The maximum absolute atomic E-state index is 12.7. The molecule has 2 unspecified atom stereocenters. The van der Waals surface area contributed by atoms with Gasteiger partial charge in [0.15, 0.2) is 0 Å². The third-order valence-electron chi connectivity index (χ3n) is 5.55. The standard InChI is InChI=1S/C20H17ClF3N5/c21-13-2-3-16-17(5-13)25-8-19(27-16)29-14-6-15(29)11-28(10-14)9-12-1-4-18(26-7-12)20(22,23)24/h1-5,7-8,14-15H,6,9-11H2. The van der Waals surface area contributed by atoms with E-state index in [-0.39, 0.29) is 0 Å². The number of fused-ring (bicyclic) bond motifs is 3. The van der Waals surface area contributed by atoms with Crippen LogP contribution < -0.4 is 4.90 Å². The molecule has 3 fully saturated rings. The molecule has 29 heavy (non-hydrogen) atoms. The first-order valence-corrected chi connectivity index (χ1v) is 9.70. The number of anilines is 1. The lowest BCUT2D eigenvalue weighted by atomic mass is 9.87. The summed E-state index contributed by atoms with van der Waals surface area (Å²) in [4.78, 5) is 17.3. The number of alkyl halides is 3. The third kappa shape index (κ3) is 3.51. The lowest BCUT2D eigenvalue weighted by Gasteiger charge is -2.57. The highest BCUT2D eigenvalue weighted by molar-refractivity contribution is 6.31. The molecule has 2 aromatic heterocycles. The summed E-state index contributed by atoms with van der Waals surface area (Å²) in [5.74, 6) is 0.858. The van der Waals surface area contributed by atoms with E-state index in [1.165, 1.54) is 12.3 Å². The van der Waals surface area contributed by atoms with Crippen LogP contribution in [-0.4, -0.2) is 45.0 Å². The van der Waals surface area contributed by atoms with Crippen molar-refractivity contribution in [1.29, 1.82) is 0 Å². The lowest BCUT2D eigenvalue weighted by Crippen LogP contribution is -2.69. The van der Waals surface area contributed by atoms with Crippen LogP contribution in [0.2, 0.25) is 5.02 Å². The minimum Gasteiger partial charge on any atom is -0.347 e. The van der Waals surface area contributed by atoms with E-state index in [1.54, 1.807) is 18.3 Å². The molecule has 0 amide bonds. The highest BCUT2D eigenvalue weighted by Crippen LogP contribution is 2.37. The summed E-state index contributed by atoms with van der Waals surface area (Å²) >= 11 is 6.01. The van der Waals surface area contributed by atoms with E-state index >= 15 is 0 Å². The zero-order valence-corrected chi connectivity index (χ0v) is 16.0. The molecule has 3 aromatic rings. The zero-order chi connectivity index (χ0) is 20.2. The van der Waals surface area contributed by atoms with Crippen LogP contribution in [0.1, 0.15) is 17.7 Å². The van der Waals surface area contributed by atoms with Gasteiger partial charge in [-0.1, -0.05) is 17.7 Å². The van der Waals surface area contributed by atoms with Crippen LogP contribution in [0.5, 0.6) is 0 Å². The van der Waals surface area contributed by atoms with Crippen molar-refractivity contribution in [3.63, 3.8) is 0 Å². The first kappa shape index (κ1) is 18.6. The Balaban J connectivity index is 1.27. The molecule has 0 aliphatic carbocycles. The van der Waals surface area contributed by atoms with Crippen molar-refractivity contribution >= 4 is 28.5 Å². The van der Waals surface area contributed by atoms with Gasteiger partial charge in [0.25, 0.3) is 0 Å². The number of hydrogen-bond acceptors (Lipinski definition) is 5. The van der Waals surface area contributed by atoms with Crippen molar-refractivity contribution in [2.75, 3.05) is 18.0 Å². The molecule has 3 aliphatic heterocycles. The Hall–Kier alpha value is -2.45. The lowest BCUT2D eigenvalue weighted by molar-refractivity contribution is -0.141. The van der Waals surface area contributed by atoms with Crippen molar-refractivity contribution in [1.82, 2.24) is 19.9 Å². The minimum atomic E-state index is -4.40. The van der Waals surface area contributed by atoms with Crippen molar-refractivity contribution < 1.29 is 13.2 Å². The Morgan fingerprint density at radius 2 is 1.79 bits per heavy atom. The summed E-state index contributed by atoms with van der Waals surface area (Å²) in [7, 11) is 0. The Labute approximate surface area is 170 Å². The molecule has 0 radical (unpaired) electrons. The average Bonchev–Trinajstić information content (AvgIpc) is 2.68. The fourth-order valence-electron chi connectivity index (χ4n) is 4.24. The van der Waals surface area contributed by atoms with Gasteiger partial charge in [0.2, 0.25) is 0 Å². The zero-order valence-electron chi connectivity index (χ0n) is 15.3. The molecular formula is C20H17ClF3N5. The van der Waals surface area contributed by atoms with Gasteiger partial charge in [-0.15, -0.1) is 0 Å². The summed E-state index contributed by atoms with van der Waals surface area (Å²) in [6, 6.07) is 8.68.